The Kier molecular flexibility index (Phi) is 4.22. The van der Waals surface area contributed by atoms with E-state index < -0.39 is 0 Å². The summed E-state index contributed by atoms with van der Waals surface area (Å²) in [7, 11) is 0. The van der Waals surface area contributed by atoms with Crippen LogP contribution in [0.5, 0.6) is 0 Å². The van der Waals surface area contributed by atoms with Gasteiger partial charge >= 0.3 is 5.69 Å². The van der Waals surface area contributed by atoms with Gasteiger partial charge in [0.25, 0.3) is 0 Å². The molecule has 0 saturated heterocycles. The van der Waals surface area contributed by atoms with Gasteiger partial charge < -0.3 is 5.73 Å². The van der Waals surface area contributed by atoms with E-state index in [1.807, 2.05) is 37.5 Å². The average Bonchev–Trinajstić information content (AvgIpc) is 2.72. The first-order valence-electron chi connectivity index (χ1n) is 6.69. The van der Waals surface area contributed by atoms with E-state index in [0.29, 0.717) is 6.54 Å². The number of aromatic nitrogens is 2. The van der Waals surface area contributed by atoms with Gasteiger partial charge in [0, 0.05) is 31.5 Å². The Labute approximate surface area is 113 Å². The molecule has 0 fully saturated rings. The van der Waals surface area contributed by atoms with Crippen LogP contribution in [0.2, 0.25) is 0 Å². The molecule has 4 nitrogen and oxygen atoms in total. The molecule has 0 aliphatic rings. The molecule has 4 heteroatoms. The molecule has 0 aliphatic carbocycles. The van der Waals surface area contributed by atoms with Crippen LogP contribution in [0.25, 0.3) is 0 Å². The smallest absolute Gasteiger partial charge is 0.322 e. The molecule has 1 aromatic carbocycles. The summed E-state index contributed by atoms with van der Waals surface area (Å²) < 4.78 is 3.41. The van der Waals surface area contributed by atoms with E-state index in [1.165, 1.54) is 5.56 Å². The molecule has 0 amide bonds. The second kappa shape index (κ2) is 5.89. The minimum absolute atomic E-state index is 0.0185. The molecule has 0 spiro atoms. The second-order valence-corrected chi connectivity index (χ2v) is 4.95. The van der Waals surface area contributed by atoms with Gasteiger partial charge in [0.1, 0.15) is 0 Å². The van der Waals surface area contributed by atoms with E-state index in [1.54, 1.807) is 9.13 Å². The molecule has 0 aliphatic heterocycles. The van der Waals surface area contributed by atoms with Gasteiger partial charge in [-0.2, -0.15) is 0 Å². The lowest BCUT2D eigenvalue weighted by Crippen LogP contribution is -2.28. The summed E-state index contributed by atoms with van der Waals surface area (Å²) in [6.45, 7) is 5.37. The molecule has 0 bridgehead atoms. The predicted molar refractivity (Wildman–Crippen MR) is 77.1 cm³/mol. The zero-order valence-electron chi connectivity index (χ0n) is 11.5. The Morgan fingerprint density at radius 3 is 2.68 bits per heavy atom. The van der Waals surface area contributed by atoms with E-state index >= 15 is 0 Å². The number of nitrogens with two attached hydrogens (primary N) is 1. The number of imidazole rings is 1. The average molecular weight is 259 g/mol. The molecule has 102 valence electrons. The second-order valence-electron chi connectivity index (χ2n) is 4.95. The van der Waals surface area contributed by atoms with Crippen molar-refractivity contribution in [2.45, 2.75) is 39.4 Å². The molecule has 0 saturated carbocycles. The van der Waals surface area contributed by atoms with E-state index in [0.717, 1.165) is 18.5 Å². The maximum absolute atomic E-state index is 12.1. The van der Waals surface area contributed by atoms with Crippen molar-refractivity contribution in [2.24, 2.45) is 5.73 Å². The van der Waals surface area contributed by atoms with E-state index in [2.05, 4.69) is 13.0 Å². The minimum atomic E-state index is -0.157. The van der Waals surface area contributed by atoms with Crippen LogP contribution >= 0.6 is 0 Å². The standard InChI is InChI=1S/C15H21N3O/c1-3-7-17-8-9-18(15(17)19)11-14(16)13-6-4-5-12(2)10-13/h4-6,8-10,14H,3,7,11,16H2,1-2H3. The minimum Gasteiger partial charge on any atom is -0.322 e. The summed E-state index contributed by atoms with van der Waals surface area (Å²) >= 11 is 0. The van der Waals surface area contributed by atoms with Crippen molar-refractivity contribution in [3.05, 3.63) is 58.3 Å². The largest absolute Gasteiger partial charge is 0.328 e. The van der Waals surface area contributed by atoms with Gasteiger partial charge in [-0.05, 0) is 18.9 Å². The van der Waals surface area contributed by atoms with Crippen LogP contribution in [-0.4, -0.2) is 9.13 Å². The number of nitrogens with zero attached hydrogens (tertiary/aromatic N) is 2. The third kappa shape index (κ3) is 3.15. The van der Waals surface area contributed by atoms with Crippen LogP contribution in [0.3, 0.4) is 0 Å². The Bertz CT molecular complexity index is 597. The third-order valence-corrected chi connectivity index (χ3v) is 3.25. The molecular formula is C15H21N3O. The monoisotopic (exact) mass is 259 g/mol. The number of benzene rings is 1. The number of aryl methyl sites for hydroxylation is 2. The Morgan fingerprint density at radius 2 is 2.00 bits per heavy atom. The lowest BCUT2D eigenvalue weighted by atomic mass is 10.1. The summed E-state index contributed by atoms with van der Waals surface area (Å²) in [5.74, 6) is 0. The van der Waals surface area contributed by atoms with Crippen molar-refractivity contribution in [3.8, 4) is 0 Å². The van der Waals surface area contributed by atoms with Crippen LogP contribution in [-0.2, 0) is 13.1 Å². The van der Waals surface area contributed by atoms with Crippen molar-refractivity contribution < 1.29 is 0 Å². The Hall–Kier alpha value is -1.81. The lowest BCUT2D eigenvalue weighted by Gasteiger charge is -2.12. The first kappa shape index (κ1) is 13.6. The highest BCUT2D eigenvalue weighted by Gasteiger charge is 2.10. The zero-order chi connectivity index (χ0) is 13.8. The molecule has 1 heterocycles. The summed E-state index contributed by atoms with van der Waals surface area (Å²) in [5, 5.41) is 0. The topological polar surface area (TPSA) is 52.9 Å². The lowest BCUT2D eigenvalue weighted by molar-refractivity contribution is 0.541. The quantitative estimate of drug-likeness (QED) is 0.893. The number of rotatable bonds is 5. The summed E-state index contributed by atoms with van der Waals surface area (Å²) in [4.78, 5) is 12.1. The molecular weight excluding hydrogens is 238 g/mol. The highest BCUT2D eigenvalue weighted by molar-refractivity contribution is 5.24. The maximum atomic E-state index is 12.1. The van der Waals surface area contributed by atoms with Crippen LogP contribution in [0.4, 0.5) is 0 Å². The number of hydrogen-bond acceptors (Lipinski definition) is 2. The van der Waals surface area contributed by atoms with Crippen LogP contribution < -0.4 is 11.4 Å². The molecule has 1 atom stereocenters. The highest BCUT2D eigenvalue weighted by Crippen LogP contribution is 2.13. The fourth-order valence-electron chi connectivity index (χ4n) is 2.22. The van der Waals surface area contributed by atoms with Gasteiger partial charge in [-0.25, -0.2) is 4.79 Å². The zero-order valence-corrected chi connectivity index (χ0v) is 11.5. The first-order valence-corrected chi connectivity index (χ1v) is 6.69. The van der Waals surface area contributed by atoms with Crippen LogP contribution in [0.15, 0.2) is 41.5 Å². The Morgan fingerprint density at radius 1 is 1.26 bits per heavy atom. The molecule has 1 aromatic heterocycles. The van der Waals surface area contributed by atoms with Gasteiger partial charge in [0.15, 0.2) is 0 Å². The number of hydrogen-bond donors (Lipinski definition) is 1. The van der Waals surface area contributed by atoms with Crippen LogP contribution in [0.1, 0.15) is 30.5 Å². The van der Waals surface area contributed by atoms with Gasteiger partial charge in [0.05, 0.1) is 0 Å². The molecule has 0 radical (unpaired) electrons. The van der Waals surface area contributed by atoms with Crippen molar-refractivity contribution >= 4 is 0 Å². The Balaban J connectivity index is 2.15. The SMILES string of the molecule is CCCn1ccn(CC(N)c2cccc(C)c2)c1=O. The van der Waals surface area contributed by atoms with Gasteiger partial charge in [0.2, 0.25) is 0 Å². The fourth-order valence-corrected chi connectivity index (χ4v) is 2.22. The maximum Gasteiger partial charge on any atom is 0.328 e. The fraction of sp³-hybridized carbons (Fsp3) is 0.400. The van der Waals surface area contributed by atoms with Crippen molar-refractivity contribution in [2.75, 3.05) is 0 Å². The third-order valence-electron chi connectivity index (χ3n) is 3.25. The first-order chi connectivity index (χ1) is 9.11. The van der Waals surface area contributed by atoms with Crippen molar-refractivity contribution in [1.82, 2.24) is 9.13 Å². The summed E-state index contributed by atoms with van der Waals surface area (Å²) in [5.41, 5.74) is 8.45. The van der Waals surface area contributed by atoms with Crippen molar-refractivity contribution in [1.29, 1.82) is 0 Å². The normalized spacial score (nSPS) is 12.6. The molecule has 2 N–H and O–H groups in total. The molecule has 19 heavy (non-hydrogen) atoms. The van der Waals surface area contributed by atoms with E-state index in [-0.39, 0.29) is 11.7 Å². The predicted octanol–water partition coefficient (Wildman–Crippen LogP) is 2.07. The van der Waals surface area contributed by atoms with E-state index in [4.69, 9.17) is 5.73 Å². The molecule has 2 rings (SSSR count). The van der Waals surface area contributed by atoms with E-state index in [9.17, 15) is 4.79 Å². The molecule has 2 aromatic rings. The summed E-state index contributed by atoms with van der Waals surface area (Å²) in [6.07, 6.45) is 4.59. The van der Waals surface area contributed by atoms with Gasteiger partial charge in [-0.15, -0.1) is 0 Å². The molecule has 1 unspecified atom stereocenters. The van der Waals surface area contributed by atoms with Gasteiger partial charge in [-0.1, -0.05) is 36.8 Å². The van der Waals surface area contributed by atoms with Gasteiger partial charge in [-0.3, -0.25) is 9.13 Å². The van der Waals surface area contributed by atoms with Crippen molar-refractivity contribution in [3.63, 3.8) is 0 Å². The highest BCUT2D eigenvalue weighted by atomic mass is 16.1. The summed E-state index contributed by atoms with van der Waals surface area (Å²) in [6, 6.07) is 7.95. The van der Waals surface area contributed by atoms with Crippen LogP contribution in [0, 0.1) is 6.92 Å².